The molecule has 0 aliphatic heterocycles. The summed E-state index contributed by atoms with van der Waals surface area (Å²) in [5, 5.41) is 28.7. The van der Waals surface area contributed by atoms with E-state index in [1.165, 1.54) is 0 Å². The highest BCUT2D eigenvalue weighted by molar-refractivity contribution is 4.96. The lowest BCUT2D eigenvalue weighted by Crippen LogP contribution is -2.47. The molecule has 2 aliphatic carbocycles. The van der Waals surface area contributed by atoms with Crippen LogP contribution >= 0.6 is 0 Å². The lowest BCUT2D eigenvalue weighted by atomic mass is 9.65. The highest BCUT2D eigenvalue weighted by Gasteiger charge is 2.44. The lowest BCUT2D eigenvalue weighted by Gasteiger charge is -2.46. The molecular formula is C10H18O3. The van der Waals surface area contributed by atoms with E-state index in [2.05, 4.69) is 0 Å². The molecule has 0 amide bonds. The molecular weight excluding hydrogens is 168 g/mol. The van der Waals surface area contributed by atoms with Gasteiger partial charge in [0.05, 0.1) is 11.7 Å². The predicted octanol–water partition coefficient (Wildman–Crippen LogP) is 0.281. The van der Waals surface area contributed by atoms with Gasteiger partial charge in [0.1, 0.15) is 0 Å². The molecule has 0 saturated heterocycles. The van der Waals surface area contributed by atoms with E-state index < -0.39 is 5.60 Å². The van der Waals surface area contributed by atoms with Crippen LogP contribution in [0.3, 0.4) is 0 Å². The molecule has 2 saturated carbocycles. The van der Waals surface area contributed by atoms with Gasteiger partial charge in [-0.3, -0.25) is 0 Å². The van der Waals surface area contributed by atoms with Crippen LogP contribution in [0.5, 0.6) is 0 Å². The summed E-state index contributed by atoms with van der Waals surface area (Å²) < 4.78 is 0. The first-order chi connectivity index (χ1) is 6.11. The van der Waals surface area contributed by atoms with E-state index >= 15 is 0 Å². The summed E-state index contributed by atoms with van der Waals surface area (Å²) in [6, 6.07) is 0. The van der Waals surface area contributed by atoms with Crippen molar-refractivity contribution in [3.8, 4) is 0 Å². The molecule has 0 aromatic rings. The fraction of sp³-hybridized carbons (Fsp3) is 1.00. The van der Waals surface area contributed by atoms with E-state index in [0.717, 1.165) is 19.3 Å². The van der Waals surface area contributed by atoms with Crippen molar-refractivity contribution in [3.63, 3.8) is 0 Å². The monoisotopic (exact) mass is 186 g/mol. The summed E-state index contributed by atoms with van der Waals surface area (Å²) in [7, 11) is 0. The van der Waals surface area contributed by atoms with Crippen LogP contribution in [0.15, 0.2) is 0 Å². The van der Waals surface area contributed by atoms with Crippen LogP contribution in [0.25, 0.3) is 0 Å². The van der Waals surface area contributed by atoms with Crippen molar-refractivity contribution in [1.82, 2.24) is 0 Å². The Morgan fingerprint density at radius 1 is 1.15 bits per heavy atom. The molecule has 0 aromatic carbocycles. The fourth-order valence-electron chi connectivity index (χ4n) is 3.19. The van der Waals surface area contributed by atoms with Gasteiger partial charge in [0.15, 0.2) is 0 Å². The first kappa shape index (κ1) is 9.44. The summed E-state index contributed by atoms with van der Waals surface area (Å²) >= 11 is 0. The largest absolute Gasteiger partial charge is 0.396 e. The minimum atomic E-state index is -0.687. The average molecular weight is 186 g/mol. The second kappa shape index (κ2) is 3.23. The molecule has 76 valence electrons. The molecule has 2 fully saturated rings. The zero-order chi connectivity index (χ0) is 9.47. The third-order valence-corrected chi connectivity index (χ3v) is 3.48. The van der Waals surface area contributed by atoms with Gasteiger partial charge in [-0.2, -0.15) is 0 Å². The second-order valence-electron chi connectivity index (χ2n) is 4.88. The molecule has 0 spiro atoms. The van der Waals surface area contributed by atoms with Crippen molar-refractivity contribution in [3.05, 3.63) is 0 Å². The first-order valence-electron chi connectivity index (χ1n) is 5.12. The number of fused-ring (bicyclic) bond motifs is 2. The predicted molar refractivity (Wildman–Crippen MR) is 48.1 cm³/mol. The Hall–Kier alpha value is -0.120. The van der Waals surface area contributed by atoms with Gasteiger partial charge in [-0.25, -0.2) is 0 Å². The SMILES string of the molecule is OC[C@@H]1C[C@@H]2C[C@H](O)C[C@](O)(C1)C2. The third-order valence-electron chi connectivity index (χ3n) is 3.48. The molecule has 3 N–H and O–H groups in total. The molecule has 0 heterocycles. The molecule has 3 heteroatoms. The molecule has 2 rings (SSSR count). The number of hydrogen-bond acceptors (Lipinski definition) is 3. The van der Waals surface area contributed by atoms with Crippen LogP contribution in [-0.2, 0) is 0 Å². The topological polar surface area (TPSA) is 60.7 Å². The summed E-state index contributed by atoms with van der Waals surface area (Å²) in [6.45, 7) is 0.176. The summed E-state index contributed by atoms with van der Waals surface area (Å²) in [5.74, 6) is 0.663. The lowest BCUT2D eigenvalue weighted by molar-refractivity contribution is -0.112. The van der Waals surface area contributed by atoms with Crippen molar-refractivity contribution in [2.45, 2.75) is 43.8 Å². The number of rotatable bonds is 1. The summed E-state index contributed by atoms with van der Waals surface area (Å²) in [6.07, 6.45) is 3.43. The van der Waals surface area contributed by atoms with Crippen LogP contribution in [0.1, 0.15) is 32.1 Å². The number of aliphatic hydroxyl groups excluding tert-OH is 2. The molecule has 4 atom stereocenters. The van der Waals surface area contributed by atoms with Gasteiger partial charge in [-0.05, 0) is 37.5 Å². The Kier molecular flexibility index (Phi) is 2.34. The van der Waals surface area contributed by atoms with Crippen molar-refractivity contribution >= 4 is 0 Å². The van der Waals surface area contributed by atoms with E-state index in [4.69, 9.17) is 5.11 Å². The Balaban J connectivity index is 2.08. The average Bonchev–Trinajstić information content (AvgIpc) is 1.99. The van der Waals surface area contributed by atoms with E-state index in [9.17, 15) is 10.2 Å². The van der Waals surface area contributed by atoms with Crippen LogP contribution in [0, 0.1) is 11.8 Å². The van der Waals surface area contributed by atoms with Crippen LogP contribution in [-0.4, -0.2) is 33.6 Å². The van der Waals surface area contributed by atoms with Gasteiger partial charge in [0.2, 0.25) is 0 Å². The molecule has 3 nitrogen and oxygen atoms in total. The van der Waals surface area contributed by atoms with Gasteiger partial charge >= 0.3 is 0 Å². The van der Waals surface area contributed by atoms with E-state index in [0.29, 0.717) is 18.8 Å². The Labute approximate surface area is 78.4 Å². The van der Waals surface area contributed by atoms with E-state index in [1.54, 1.807) is 0 Å². The maximum atomic E-state index is 10.1. The maximum absolute atomic E-state index is 10.1. The fourth-order valence-corrected chi connectivity index (χ4v) is 3.19. The van der Waals surface area contributed by atoms with Crippen LogP contribution in [0.4, 0.5) is 0 Å². The normalized spacial score (nSPS) is 50.5. The van der Waals surface area contributed by atoms with Gasteiger partial charge in [-0.15, -0.1) is 0 Å². The minimum absolute atomic E-state index is 0.176. The zero-order valence-corrected chi connectivity index (χ0v) is 7.82. The van der Waals surface area contributed by atoms with Crippen LogP contribution in [0.2, 0.25) is 0 Å². The smallest absolute Gasteiger partial charge is 0.0678 e. The molecule has 2 aliphatic rings. The van der Waals surface area contributed by atoms with E-state index in [1.807, 2.05) is 0 Å². The quantitative estimate of drug-likeness (QED) is 0.551. The second-order valence-corrected chi connectivity index (χ2v) is 4.88. The third kappa shape index (κ3) is 1.87. The summed E-state index contributed by atoms with van der Waals surface area (Å²) in [5.41, 5.74) is -0.687. The zero-order valence-electron chi connectivity index (χ0n) is 7.82. The molecule has 0 aromatic heterocycles. The number of hydrogen-bond donors (Lipinski definition) is 3. The molecule has 2 bridgehead atoms. The van der Waals surface area contributed by atoms with Crippen molar-refractivity contribution in [1.29, 1.82) is 0 Å². The minimum Gasteiger partial charge on any atom is -0.396 e. The maximum Gasteiger partial charge on any atom is 0.0678 e. The van der Waals surface area contributed by atoms with Gasteiger partial charge in [0, 0.05) is 13.0 Å². The van der Waals surface area contributed by atoms with E-state index in [-0.39, 0.29) is 18.6 Å². The highest BCUT2D eigenvalue weighted by Crippen LogP contribution is 2.45. The molecule has 0 unspecified atom stereocenters. The van der Waals surface area contributed by atoms with Gasteiger partial charge in [0.25, 0.3) is 0 Å². The highest BCUT2D eigenvalue weighted by atomic mass is 16.3. The Morgan fingerprint density at radius 2 is 1.92 bits per heavy atom. The Bertz CT molecular complexity index is 191. The van der Waals surface area contributed by atoms with Gasteiger partial charge < -0.3 is 15.3 Å². The first-order valence-corrected chi connectivity index (χ1v) is 5.12. The van der Waals surface area contributed by atoms with Crippen molar-refractivity contribution in [2.24, 2.45) is 11.8 Å². The van der Waals surface area contributed by atoms with Gasteiger partial charge in [-0.1, -0.05) is 0 Å². The summed E-state index contributed by atoms with van der Waals surface area (Å²) in [4.78, 5) is 0. The Morgan fingerprint density at radius 3 is 2.54 bits per heavy atom. The molecule has 13 heavy (non-hydrogen) atoms. The number of aliphatic hydroxyl groups is 3. The van der Waals surface area contributed by atoms with Crippen molar-refractivity contribution < 1.29 is 15.3 Å². The standard InChI is InChI=1S/C10H18O3/c11-6-8-1-7-2-9(12)5-10(13,3-7)4-8/h7-9,11-13H,1-6H2/t7-,8-,9+,10-/m1/s1. The van der Waals surface area contributed by atoms with Crippen LogP contribution < -0.4 is 0 Å². The molecule has 0 radical (unpaired) electrons. The van der Waals surface area contributed by atoms with Crippen molar-refractivity contribution in [2.75, 3.05) is 6.61 Å².